The number of alkyl halides is 1. The normalized spacial score (nSPS) is 29.2. The van der Waals surface area contributed by atoms with Crippen LogP contribution in [-0.4, -0.2) is 37.0 Å². The molecule has 0 aromatic heterocycles. The van der Waals surface area contributed by atoms with E-state index in [-0.39, 0.29) is 0 Å². The van der Waals surface area contributed by atoms with E-state index < -0.39 is 0 Å². The van der Waals surface area contributed by atoms with Gasteiger partial charge in [-0.25, -0.2) is 0 Å². The van der Waals surface area contributed by atoms with Gasteiger partial charge < -0.3 is 10.6 Å². The number of hydrogen-bond donors (Lipinski definition) is 1. The van der Waals surface area contributed by atoms with Crippen molar-refractivity contribution < 1.29 is 0 Å². The molecule has 2 unspecified atom stereocenters. The minimum Gasteiger partial charge on any atom is -0.327 e. The fraction of sp³-hybridized carbons (Fsp3) is 1.00. The molecular formula is C8H17ClN2. The lowest BCUT2D eigenvalue weighted by atomic mass is 9.98. The Morgan fingerprint density at radius 3 is 2.91 bits per heavy atom. The highest BCUT2D eigenvalue weighted by Crippen LogP contribution is 2.18. The van der Waals surface area contributed by atoms with Gasteiger partial charge in [-0.05, 0) is 32.4 Å². The Morgan fingerprint density at radius 1 is 1.73 bits per heavy atom. The lowest BCUT2D eigenvalue weighted by Gasteiger charge is -2.17. The van der Waals surface area contributed by atoms with Crippen LogP contribution in [-0.2, 0) is 0 Å². The second kappa shape index (κ2) is 4.29. The van der Waals surface area contributed by atoms with E-state index in [1.807, 2.05) is 0 Å². The van der Waals surface area contributed by atoms with Gasteiger partial charge in [0, 0.05) is 18.5 Å². The van der Waals surface area contributed by atoms with E-state index in [0.29, 0.717) is 17.8 Å². The predicted molar refractivity (Wildman–Crippen MR) is 48.9 cm³/mol. The summed E-state index contributed by atoms with van der Waals surface area (Å²) >= 11 is 5.62. The van der Waals surface area contributed by atoms with Gasteiger partial charge >= 0.3 is 0 Å². The minimum atomic E-state index is 0.317. The van der Waals surface area contributed by atoms with Crippen LogP contribution in [0, 0.1) is 5.92 Å². The maximum absolute atomic E-state index is 5.94. The number of likely N-dealkylation sites (tertiary alicyclic amines) is 1. The summed E-state index contributed by atoms with van der Waals surface area (Å²) in [5.41, 5.74) is 5.94. The van der Waals surface area contributed by atoms with Gasteiger partial charge in [0.05, 0.1) is 0 Å². The van der Waals surface area contributed by atoms with Crippen LogP contribution in [0.5, 0.6) is 0 Å². The molecule has 1 aliphatic heterocycles. The molecule has 0 aromatic carbocycles. The van der Waals surface area contributed by atoms with Crippen LogP contribution in [0.25, 0.3) is 0 Å². The Hall–Kier alpha value is 0.210. The van der Waals surface area contributed by atoms with Gasteiger partial charge in [-0.2, -0.15) is 0 Å². The highest BCUT2D eigenvalue weighted by molar-refractivity contribution is 6.17. The number of nitrogens with zero attached hydrogens (tertiary/aromatic N) is 1. The fourth-order valence-electron chi connectivity index (χ4n) is 1.68. The van der Waals surface area contributed by atoms with Gasteiger partial charge in [0.1, 0.15) is 0 Å². The van der Waals surface area contributed by atoms with E-state index in [1.54, 1.807) is 0 Å². The maximum Gasteiger partial charge on any atom is 0.0238 e. The largest absolute Gasteiger partial charge is 0.327 e. The van der Waals surface area contributed by atoms with Crippen molar-refractivity contribution in [1.82, 2.24) is 4.90 Å². The molecule has 11 heavy (non-hydrogen) atoms. The molecule has 1 fully saturated rings. The molecule has 1 aliphatic rings. The van der Waals surface area contributed by atoms with Crippen molar-refractivity contribution in [2.45, 2.75) is 18.9 Å². The summed E-state index contributed by atoms with van der Waals surface area (Å²) in [5.74, 6) is 1.38. The lowest BCUT2D eigenvalue weighted by molar-refractivity contribution is 0.366. The average molecular weight is 177 g/mol. The molecule has 0 saturated carbocycles. The monoisotopic (exact) mass is 176 g/mol. The van der Waals surface area contributed by atoms with Crippen molar-refractivity contribution >= 4 is 11.6 Å². The number of hydrogen-bond acceptors (Lipinski definition) is 2. The van der Waals surface area contributed by atoms with Crippen LogP contribution in [0.3, 0.4) is 0 Å². The summed E-state index contributed by atoms with van der Waals surface area (Å²) in [6.07, 6.45) is 2.20. The number of rotatable bonds is 3. The summed E-state index contributed by atoms with van der Waals surface area (Å²) in [4.78, 5) is 2.33. The topological polar surface area (TPSA) is 29.3 Å². The van der Waals surface area contributed by atoms with E-state index in [1.165, 1.54) is 13.0 Å². The Bertz CT molecular complexity index is 119. The van der Waals surface area contributed by atoms with Crippen molar-refractivity contribution in [3.63, 3.8) is 0 Å². The highest BCUT2D eigenvalue weighted by Gasteiger charge is 2.24. The van der Waals surface area contributed by atoms with E-state index in [4.69, 9.17) is 17.3 Å². The standard InChI is InChI=1S/C8H17ClN2/c1-11-5-3-7(6-11)8(10)2-4-9/h7-8H,2-6,10H2,1H3. The van der Waals surface area contributed by atoms with Crippen LogP contribution in [0.15, 0.2) is 0 Å². The first-order chi connectivity index (χ1) is 5.24. The van der Waals surface area contributed by atoms with Gasteiger partial charge in [-0.1, -0.05) is 0 Å². The molecule has 0 aliphatic carbocycles. The molecule has 0 spiro atoms. The molecule has 1 saturated heterocycles. The maximum atomic E-state index is 5.94. The molecule has 2 nitrogen and oxygen atoms in total. The quantitative estimate of drug-likeness (QED) is 0.648. The molecule has 1 rings (SSSR count). The second-order valence-electron chi connectivity index (χ2n) is 3.45. The molecule has 66 valence electrons. The SMILES string of the molecule is CN1CCC(C(N)CCCl)C1. The molecular weight excluding hydrogens is 160 g/mol. The van der Waals surface area contributed by atoms with Gasteiger partial charge in [0.15, 0.2) is 0 Å². The van der Waals surface area contributed by atoms with Crippen LogP contribution in [0.2, 0.25) is 0 Å². The molecule has 0 radical (unpaired) electrons. The Labute approximate surface area is 73.7 Å². The van der Waals surface area contributed by atoms with E-state index >= 15 is 0 Å². The summed E-state index contributed by atoms with van der Waals surface area (Å²) in [6.45, 7) is 2.35. The Morgan fingerprint density at radius 2 is 2.45 bits per heavy atom. The summed E-state index contributed by atoms with van der Waals surface area (Å²) in [5, 5.41) is 0. The first-order valence-corrected chi connectivity index (χ1v) is 4.77. The minimum absolute atomic E-state index is 0.317. The third-order valence-electron chi connectivity index (χ3n) is 2.48. The first-order valence-electron chi connectivity index (χ1n) is 4.24. The predicted octanol–water partition coefficient (Wildman–Crippen LogP) is 0.894. The second-order valence-corrected chi connectivity index (χ2v) is 3.83. The third-order valence-corrected chi connectivity index (χ3v) is 2.69. The molecule has 2 atom stereocenters. The molecule has 2 N–H and O–H groups in total. The van der Waals surface area contributed by atoms with Crippen molar-refractivity contribution in [2.24, 2.45) is 11.7 Å². The molecule has 0 amide bonds. The van der Waals surface area contributed by atoms with Crippen molar-refractivity contribution in [1.29, 1.82) is 0 Å². The zero-order valence-electron chi connectivity index (χ0n) is 7.09. The molecule has 3 heteroatoms. The van der Waals surface area contributed by atoms with Crippen LogP contribution in [0.4, 0.5) is 0 Å². The van der Waals surface area contributed by atoms with E-state index in [2.05, 4.69) is 11.9 Å². The first kappa shape index (κ1) is 9.30. The van der Waals surface area contributed by atoms with Crippen molar-refractivity contribution in [3.05, 3.63) is 0 Å². The zero-order chi connectivity index (χ0) is 8.27. The Balaban J connectivity index is 2.25. The zero-order valence-corrected chi connectivity index (χ0v) is 7.85. The van der Waals surface area contributed by atoms with E-state index in [0.717, 1.165) is 13.0 Å². The smallest absolute Gasteiger partial charge is 0.0238 e. The summed E-state index contributed by atoms with van der Waals surface area (Å²) < 4.78 is 0. The molecule has 1 heterocycles. The Kier molecular flexibility index (Phi) is 3.63. The molecule has 0 aromatic rings. The fourth-order valence-corrected chi connectivity index (χ4v) is 1.93. The summed E-state index contributed by atoms with van der Waals surface area (Å²) in [6, 6.07) is 0.317. The average Bonchev–Trinajstić information content (AvgIpc) is 2.36. The number of nitrogens with two attached hydrogens (primary N) is 1. The van der Waals surface area contributed by atoms with Crippen molar-refractivity contribution in [3.8, 4) is 0 Å². The van der Waals surface area contributed by atoms with Gasteiger partial charge in [0.25, 0.3) is 0 Å². The van der Waals surface area contributed by atoms with Gasteiger partial charge in [0.2, 0.25) is 0 Å². The van der Waals surface area contributed by atoms with Gasteiger partial charge in [-0.15, -0.1) is 11.6 Å². The molecule has 0 bridgehead atoms. The van der Waals surface area contributed by atoms with Crippen molar-refractivity contribution in [2.75, 3.05) is 26.0 Å². The summed E-state index contributed by atoms with van der Waals surface area (Å²) in [7, 11) is 2.15. The lowest BCUT2D eigenvalue weighted by Crippen LogP contribution is -2.32. The van der Waals surface area contributed by atoms with Crippen LogP contribution in [0.1, 0.15) is 12.8 Å². The van der Waals surface area contributed by atoms with Crippen LogP contribution >= 0.6 is 11.6 Å². The third kappa shape index (κ3) is 2.62. The highest BCUT2D eigenvalue weighted by atomic mass is 35.5. The van der Waals surface area contributed by atoms with Crippen LogP contribution < -0.4 is 5.73 Å². The van der Waals surface area contributed by atoms with Gasteiger partial charge in [-0.3, -0.25) is 0 Å². The van der Waals surface area contributed by atoms with E-state index in [9.17, 15) is 0 Å². The number of halogens is 1.